The average molecular weight is 417 g/mol. The number of nitrogens with one attached hydrogen (secondary N) is 3. The van der Waals surface area contributed by atoms with E-state index in [2.05, 4.69) is 25.9 Å². The number of halogens is 1. The molecule has 0 aliphatic heterocycles. The number of benzene rings is 1. The van der Waals surface area contributed by atoms with Gasteiger partial charge in [0.1, 0.15) is 11.4 Å². The first-order valence-corrected chi connectivity index (χ1v) is 10.2. The van der Waals surface area contributed by atoms with Gasteiger partial charge in [0.25, 0.3) is 0 Å². The molecule has 1 saturated carbocycles. The Morgan fingerprint density at radius 3 is 2.63 bits per heavy atom. The van der Waals surface area contributed by atoms with Gasteiger partial charge in [0.2, 0.25) is 5.95 Å². The molecule has 1 amide bonds. The molecule has 9 heteroatoms. The number of hydrogen-bond acceptors (Lipinski definition) is 7. The van der Waals surface area contributed by atoms with E-state index in [0.29, 0.717) is 28.9 Å². The molecular formula is C21H29FN6O2. The van der Waals surface area contributed by atoms with Gasteiger partial charge in [-0.1, -0.05) is 19.3 Å². The molecule has 30 heavy (non-hydrogen) atoms. The molecule has 0 bridgehead atoms. The second kappa shape index (κ2) is 9.15. The topological polar surface area (TPSA) is 114 Å². The van der Waals surface area contributed by atoms with E-state index in [4.69, 9.17) is 10.5 Å². The Labute approximate surface area is 175 Å². The number of rotatable bonds is 5. The molecule has 5 N–H and O–H groups in total. The van der Waals surface area contributed by atoms with Crippen LogP contribution < -0.4 is 21.7 Å². The summed E-state index contributed by atoms with van der Waals surface area (Å²) in [5.74, 6) is 0.307. The number of carbonyl (C=O) groups is 1. The Hall–Kier alpha value is -3.10. The molecule has 1 aliphatic carbocycles. The van der Waals surface area contributed by atoms with Gasteiger partial charge in [-0.25, -0.2) is 14.2 Å². The molecule has 8 nitrogen and oxygen atoms in total. The summed E-state index contributed by atoms with van der Waals surface area (Å²) in [6.45, 7) is 5.29. The Kier molecular flexibility index (Phi) is 6.59. The SMILES string of the molecule is CC(C)(C)OC(=O)Nc1ccc(F)cc1Nc1ncc(N)c(NC2CCCCC2)n1. The summed E-state index contributed by atoms with van der Waals surface area (Å²) in [5, 5.41) is 8.96. The molecule has 1 aromatic carbocycles. The molecule has 1 heterocycles. The van der Waals surface area contributed by atoms with E-state index in [0.717, 1.165) is 12.8 Å². The second-order valence-electron chi connectivity index (χ2n) is 8.42. The minimum Gasteiger partial charge on any atom is -0.444 e. The van der Waals surface area contributed by atoms with Crippen LogP contribution >= 0.6 is 0 Å². The third kappa shape index (κ3) is 6.20. The van der Waals surface area contributed by atoms with Gasteiger partial charge in [0, 0.05) is 6.04 Å². The lowest BCUT2D eigenvalue weighted by Gasteiger charge is -2.24. The molecule has 1 aliphatic rings. The van der Waals surface area contributed by atoms with Gasteiger partial charge in [0.05, 0.1) is 23.3 Å². The van der Waals surface area contributed by atoms with Gasteiger partial charge in [0.15, 0.2) is 5.82 Å². The predicted molar refractivity (Wildman–Crippen MR) is 116 cm³/mol. The first kappa shape index (κ1) is 21.6. The standard InChI is InChI=1S/C21H29FN6O2/c1-21(2,3)30-20(29)27-16-10-9-13(22)11-17(16)26-19-24-12-15(23)18(28-19)25-14-7-5-4-6-8-14/h9-12,14H,4-8,23H2,1-3H3,(H,27,29)(H2,24,25,26,28). The lowest BCUT2D eigenvalue weighted by molar-refractivity contribution is 0.0636. The van der Waals surface area contributed by atoms with Gasteiger partial charge in [-0.05, 0) is 51.8 Å². The molecule has 3 rings (SSSR count). The Morgan fingerprint density at radius 2 is 1.93 bits per heavy atom. The van der Waals surface area contributed by atoms with Crippen LogP contribution in [0.2, 0.25) is 0 Å². The van der Waals surface area contributed by atoms with Gasteiger partial charge < -0.3 is 21.1 Å². The van der Waals surface area contributed by atoms with Gasteiger partial charge in [-0.2, -0.15) is 4.98 Å². The minimum atomic E-state index is -0.655. The molecule has 0 saturated heterocycles. The van der Waals surface area contributed by atoms with E-state index < -0.39 is 17.5 Å². The van der Waals surface area contributed by atoms with E-state index in [9.17, 15) is 9.18 Å². The zero-order chi connectivity index (χ0) is 21.7. The zero-order valence-electron chi connectivity index (χ0n) is 17.6. The normalized spacial score (nSPS) is 14.8. The third-order valence-corrected chi connectivity index (χ3v) is 4.63. The number of nitrogens with zero attached hydrogens (tertiary/aromatic N) is 2. The Bertz CT molecular complexity index is 894. The average Bonchev–Trinajstić information content (AvgIpc) is 2.66. The quantitative estimate of drug-likeness (QED) is 0.540. The third-order valence-electron chi connectivity index (χ3n) is 4.63. The number of carbonyl (C=O) groups excluding carboxylic acids is 1. The van der Waals surface area contributed by atoms with Crippen LogP contribution in [0.5, 0.6) is 0 Å². The summed E-state index contributed by atoms with van der Waals surface area (Å²) in [6, 6.07) is 4.26. The fourth-order valence-electron chi connectivity index (χ4n) is 3.27. The molecule has 1 fully saturated rings. The number of nitrogen functional groups attached to an aromatic ring is 1. The first-order valence-electron chi connectivity index (χ1n) is 10.2. The summed E-state index contributed by atoms with van der Waals surface area (Å²) in [7, 11) is 0. The predicted octanol–water partition coefficient (Wildman–Crippen LogP) is 5.03. The summed E-state index contributed by atoms with van der Waals surface area (Å²) in [4.78, 5) is 20.8. The highest BCUT2D eigenvalue weighted by Crippen LogP contribution is 2.28. The van der Waals surface area contributed by atoms with Gasteiger partial charge in [-0.3, -0.25) is 5.32 Å². The fraction of sp³-hybridized carbons (Fsp3) is 0.476. The van der Waals surface area contributed by atoms with Crippen LogP contribution in [0.15, 0.2) is 24.4 Å². The summed E-state index contributed by atoms with van der Waals surface area (Å²) in [6.07, 6.45) is 6.60. The largest absolute Gasteiger partial charge is 0.444 e. The van der Waals surface area contributed by atoms with Crippen molar-refractivity contribution in [2.24, 2.45) is 0 Å². The van der Waals surface area contributed by atoms with Gasteiger partial charge >= 0.3 is 6.09 Å². The van der Waals surface area contributed by atoms with Crippen molar-refractivity contribution < 1.29 is 13.9 Å². The summed E-state index contributed by atoms with van der Waals surface area (Å²) >= 11 is 0. The van der Waals surface area contributed by atoms with E-state index >= 15 is 0 Å². The van der Waals surface area contributed by atoms with Crippen molar-refractivity contribution in [3.8, 4) is 0 Å². The van der Waals surface area contributed by atoms with Gasteiger partial charge in [-0.15, -0.1) is 0 Å². The highest BCUT2D eigenvalue weighted by Gasteiger charge is 2.19. The molecule has 162 valence electrons. The molecule has 0 radical (unpaired) electrons. The van der Waals surface area contributed by atoms with E-state index in [1.54, 1.807) is 20.8 Å². The van der Waals surface area contributed by atoms with Crippen LogP contribution in [0.25, 0.3) is 0 Å². The lowest BCUT2D eigenvalue weighted by atomic mass is 9.95. The zero-order valence-corrected chi connectivity index (χ0v) is 17.6. The molecular weight excluding hydrogens is 387 g/mol. The summed E-state index contributed by atoms with van der Waals surface area (Å²) in [5.41, 5.74) is 6.46. The number of ether oxygens (including phenoxy) is 1. The van der Waals surface area contributed by atoms with E-state index in [-0.39, 0.29) is 5.95 Å². The smallest absolute Gasteiger partial charge is 0.412 e. The summed E-state index contributed by atoms with van der Waals surface area (Å²) < 4.78 is 19.1. The Balaban J connectivity index is 1.77. The number of amides is 1. The van der Waals surface area contributed by atoms with Crippen LogP contribution in [-0.4, -0.2) is 27.7 Å². The van der Waals surface area contributed by atoms with E-state index in [1.165, 1.54) is 43.7 Å². The number of aromatic nitrogens is 2. The maximum atomic E-state index is 13.9. The monoisotopic (exact) mass is 416 g/mol. The number of hydrogen-bond donors (Lipinski definition) is 4. The lowest BCUT2D eigenvalue weighted by Crippen LogP contribution is -2.27. The highest BCUT2D eigenvalue weighted by atomic mass is 19.1. The van der Waals surface area contributed by atoms with Crippen molar-refractivity contribution in [1.29, 1.82) is 0 Å². The van der Waals surface area contributed by atoms with Crippen molar-refractivity contribution >= 4 is 34.9 Å². The molecule has 1 aromatic heterocycles. The van der Waals surface area contributed by atoms with Crippen LogP contribution in [0, 0.1) is 5.82 Å². The molecule has 0 spiro atoms. The highest BCUT2D eigenvalue weighted by molar-refractivity contribution is 5.90. The van der Waals surface area contributed by atoms with Crippen molar-refractivity contribution in [3.63, 3.8) is 0 Å². The second-order valence-corrected chi connectivity index (χ2v) is 8.42. The number of nitrogens with two attached hydrogens (primary N) is 1. The van der Waals surface area contributed by atoms with Crippen LogP contribution in [0.4, 0.5) is 38.0 Å². The minimum absolute atomic E-state index is 0.236. The first-order chi connectivity index (χ1) is 14.2. The maximum Gasteiger partial charge on any atom is 0.412 e. The Morgan fingerprint density at radius 1 is 1.20 bits per heavy atom. The molecule has 2 aromatic rings. The maximum absolute atomic E-state index is 13.9. The van der Waals surface area contributed by atoms with Crippen molar-refractivity contribution in [3.05, 3.63) is 30.2 Å². The van der Waals surface area contributed by atoms with Crippen molar-refractivity contribution in [1.82, 2.24) is 9.97 Å². The van der Waals surface area contributed by atoms with Crippen molar-refractivity contribution in [2.45, 2.75) is 64.5 Å². The fourth-order valence-corrected chi connectivity index (χ4v) is 3.27. The van der Waals surface area contributed by atoms with Crippen LogP contribution in [0.3, 0.4) is 0 Å². The van der Waals surface area contributed by atoms with Crippen LogP contribution in [-0.2, 0) is 4.74 Å². The molecule has 0 unspecified atom stereocenters. The van der Waals surface area contributed by atoms with Crippen LogP contribution in [0.1, 0.15) is 52.9 Å². The van der Waals surface area contributed by atoms with E-state index in [1.807, 2.05) is 0 Å². The molecule has 0 atom stereocenters. The number of anilines is 5. The van der Waals surface area contributed by atoms with Crippen molar-refractivity contribution in [2.75, 3.05) is 21.7 Å².